The van der Waals surface area contributed by atoms with Crippen molar-refractivity contribution in [2.75, 3.05) is 31.1 Å². The zero-order chi connectivity index (χ0) is 20.0. The second kappa shape index (κ2) is 7.21. The van der Waals surface area contributed by atoms with E-state index in [0.29, 0.717) is 35.6 Å². The van der Waals surface area contributed by atoms with Gasteiger partial charge in [0.1, 0.15) is 6.20 Å². The molecule has 5 heterocycles. The monoisotopic (exact) mass is 431 g/mol. The minimum Gasteiger partial charge on any atom is -0.358 e. The summed E-state index contributed by atoms with van der Waals surface area (Å²) < 4.78 is 7.02. The summed E-state index contributed by atoms with van der Waals surface area (Å²) >= 11 is 2.96. The first-order valence-electron chi connectivity index (χ1n) is 9.08. The molecular weight excluding hydrogens is 414 g/mol. The number of piperazine rings is 1. The average Bonchev–Trinajstić information content (AvgIpc) is 3.50. The zero-order valence-corrected chi connectivity index (χ0v) is 17.1. The molecule has 0 aromatic carbocycles. The maximum absolute atomic E-state index is 11.6. The second-order valence-electron chi connectivity index (χ2n) is 6.70. The molecule has 4 aromatic rings. The fourth-order valence-electron chi connectivity index (χ4n) is 3.53. The van der Waals surface area contributed by atoms with E-state index in [1.165, 1.54) is 11.3 Å². The third-order valence-corrected chi connectivity index (χ3v) is 6.72. The third-order valence-electron chi connectivity index (χ3n) is 5.09. The largest absolute Gasteiger partial charge is 0.373 e. The highest BCUT2D eigenvalue weighted by atomic mass is 32.1. The van der Waals surface area contributed by atoms with E-state index in [0.717, 1.165) is 18.0 Å². The fourth-order valence-corrected chi connectivity index (χ4v) is 4.89. The van der Waals surface area contributed by atoms with E-state index in [2.05, 4.69) is 20.0 Å². The number of aromatic nitrogens is 4. The Balaban J connectivity index is 1.30. The van der Waals surface area contributed by atoms with Gasteiger partial charge >= 0.3 is 5.82 Å². The van der Waals surface area contributed by atoms with Crippen LogP contribution >= 0.6 is 22.7 Å². The molecule has 0 radical (unpaired) electrons. The van der Waals surface area contributed by atoms with E-state index in [-0.39, 0.29) is 16.8 Å². The summed E-state index contributed by atoms with van der Waals surface area (Å²) in [5, 5.41) is 19.4. The van der Waals surface area contributed by atoms with Crippen LogP contribution in [0.3, 0.4) is 0 Å². The van der Waals surface area contributed by atoms with Gasteiger partial charge in [-0.1, -0.05) is 22.6 Å². The van der Waals surface area contributed by atoms with Crippen molar-refractivity contribution in [2.45, 2.75) is 13.0 Å². The van der Waals surface area contributed by atoms with Gasteiger partial charge in [-0.25, -0.2) is 0 Å². The number of imidazole rings is 1. The van der Waals surface area contributed by atoms with Crippen LogP contribution < -0.4 is 4.90 Å². The molecule has 1 fully saturated rings. The maximum atomic E-state index is 11.6. The highest BCUT2D eigenvalue weighted by Crippen LogP contribution is 2.32. The van der Waals surface area contributed by atoms with Gasteiger partial charge in [-0.3, -0.25) is 4.90 Å². The molecule has 0 amide bonds. The number of fused-ring (bicyclic) bond motifs is 1. The molecule has 0 aliphatic carbocycles. The van der Waals surface area contributed by atoms with Crippen LogP contribution in [0.2, 0.25) is 0 Å². The predicted octanol–water partition coefficient (Wildman–Crippen LogP) is 3.30. The molecule has 5 rings (SSSR count). The van der Waals surface area contributed by atoms with E-state index < -0.39 is 0 Å². The first-order valence-corrected chi connectivity index (χ1v) is 10.8. The van der Waals surface area contributed by atoms with Gasteiger partial charge in [-0.05, 0) is 23.3 Å². The highest BCUT2D eigenvalue weighted by Gasteiger charge is 2.32. The van der Waals surface area contributed by atoms with Crippen LogP contribution in [0.5, 0.6) is 0 Å². The van der Waals surface area contributed by atoms with Crippen molar-refractivity contribution in [3.05, 3.63) is 45.1 Å². The van der Waals surface area contributed by atoms with E-state index >= 15 is 0 Å². The molecular formula is C17H17N7O3S2. The van der Waals surface area contributed by atoms with Crippen molar-refractivity contribution in [3.8, 4) is 10.7 Å². The van der Waals surface area contributed by atoms with Crippen molar-refractivity contribution < 1.29 is 9.45 Å². The first kappa shape index (κ1) is 18.2. The lowest BCUT2D eigenvalue weighted by Crippen LogP contribution is -2.47. The molecule has 1 atom stereocenters. The van der Waals surface area contributed by atoms with Gasteiger partial charge in [0.25, 0.3) is 4.96 Å². The molecule has 1 aliphatic rings. The molecule has 0 N–H and O–H groups in total. The quantitative estimate of drug-likeness (QED) is 0.350. The normalized spacial score (nSPS) is 16.5. The topological polar surface area (TPSA) is 106 Å². The molecule has 0 spiro atoms. The molecule has 10 nitrogen and oxygen atoms in total. The number of hydrogen-bond donors (Lipinski definition) is 0. The van der Waals surface area contributed by atoms with Gasteiger partial charge in [0.15, 0.2) is 0 Å². The number of thiazole rings is 1. The number of thiophene rings is 1. The first-order chi connectivity index (χ1) is 14.1. The second-order valence-corrected chi connectivity index (χ2v) is 8.52. The molecule has 12 heteroatoms. The van der Waals surface area contributed by atoms with Gasteiger partial charge < -0.3 is 19.5 Å². The van der Waals surface area contributed by atoms with Crippen molar-refractivity contribution in [1.29, 1.82) is 0 Å². The Morgan fingerprint density at radius 2 is 2.03 bits per heavy atom. The average molecular weight is 432 g/mol. The molecule has 0 saturated carbocycles. The van der Waals surface area contributed by atoms with Gasteiger partial charge in [0.2, 0.25) is 17.5 Å². The summed E-state index contributed by atoms with van der Waals surface area (Å²) in [6.45, 7) is 4.76. The van der Waals surface area contributed by atoms with E-state index in [1.807, 2.05) is 29.3 Å². The van der Waals surface area contributed by atoms with Gasteiger partial charge in [-0.15, -0.1) is 11.3 Å². The Bertz CT molecular complexity index is 1140. The van der Waals surface area contributed by atoms with Gasteiger partial charge in [0, 0.05) is 31.6 Å². The Labute approximate surface area is 173 Å². The van der Waals surface area contributed by atoms with Crippen molar-refractivity contribution >= 4 is 39.3 Å². The SMILES string of the molecule is CC(c1nc(-c2cccs2)no1)N1CCN(c2nc3sccn3c2[N+](=O)[O-])CC1. The number of anilines is 1. The highest BCUT2D eigenvalue weighted by molar-refractivity contribution is 7.15. The minimum atomic E-state index is -0.360. The van der Waals surface area contributed by atoms with Crippen LogP contribution in [0.4, 0.5) is 11.6 Å². The summed E-state index contributed by atoms with van der Waals surface area (Å²) in [6, 6.07) is 3.89. The Morgan fingerprint density at radius 1 is 1.21 bits per heavy atom. The number of nitrogens with zero attached hydrogens (tertiary/aromatic N) is 7. The maximum Gasteiger partial charge on any atom is 0.373 e. The molecule has 1 unspecified atom stereocenters. The van der Waals surface area contributed by atoms with Crippen LogP contribution in [-0.2, 0) is 0 Å². The number of hydrogen-bond acceptors (Lipinski definition) is 10. The zero-order valence-electron chi connectivity index (χ0n) is 15.5. The smallest absolute Gasteiger partial charge is 0.358 e. The lowest BCUT2D eigenvalue weighted by Gasteiger charge is -2.36. The summed E-state index contributed by atoms with van der Waals surface area (Å²) in [6.07, 6.45) is 1.69. The van der Waals surface area contributed by atoms with Crippen LogP contribution in [0.15, 0.2) is 33.6 Å². The fraction of sp³-hybridized carbons (Fsp3) is 0.353. The van der Waals surface area contributed by atoms with Crippen molar-refractivity contribution in [1.82, 2.24) is 24.4 Å². The third kappa shape index (κ3) is 3.18. The molecule has 4 aromatic heterocycles. The summed E-state index contributed by atoms with van der Waals surface area (Å²) in [5.41, 5.74) is 0. The van der Waals surface area contributed by atoms with Crippen molar-refractivity contribution in [2.24, 2.45) is 0 Å². The summed E-state index contributed by atoms with van der Waals surface area (Å²) in [5.74, 6) is 1.65. The summed E-state index contributed by atoms with van der Waals surface area (Å²) in [7, 11) is 0. The molecule has 1 saturated heterocycles. The van der Waals surface area contributed by atoms with Crippen molar-refractivity contribution in [3.63, 3.8) is 0 Å². The number of rotatable bonds is 5. The lowest BCUT2D eigenvalue weighted by molar-refractivity contribution is -0.389. The Kier molecular flexibility index (Phi) is 4.53. The van der Waals surface area contributed by atoms with Crippen LogP contribution in [-0.4, -0.2) is 55.5 Å². The van der Waals surface area contributed by atoms with E-state index in [1.54, 1.807) is 27.3 Å². The van der Waals surface area contributed by atoms with Crippen LogP contribution in [0.1, 0.15) is 18.9 Å². The van der Waals surface area contributed by atoms with Gasteiger partial charge in [0.05, 0.1) is 10.9 Å². The molecule has 29 heavy (non-hydrogen) atoms. The lowest BCUT2D eigenvalue weighted by atomic mass is 10.2. The molecule has 150 valence electrons. The Morgan fingerprint density at radius 3 is 2.76 bits per heavy atom. The molecule has 0 bridgehead atoms. The van der Waals surface area contributed by atoms with Crippen LogP contribution in [0, 0.1) is 10.1 Å². The number of nitro groups is 1. The van der Waals surface area contributed by atoms with E-state index in [9.17, 15) is 10.1 Å². The van der Waals surface area contributed by atoms with Crippen LogP contribution in [0.25, 0.3) is 15.7 Å². The Hall–Kier alpha value is -2.83. The van der Waals surface area contributed by atoms with E-state index in [4.69, 9.17) is 4.52 Å². The predicted molar refractivity (Wildman–Crippen MR) is 110 cm³/mol. The standard InChI is InChI=1S/C17H17N7O3S2/c1-11(15-18-13(20-27-15)12-3-2-9-28-12)21-4-6-22(7-5-21)14-16(24(25)26)23-8-10-29-17(23)19-14/h2-3,8-11H,4-7H2,1H3. The summed E-state index contributed by atoms with van der Waals surface area (Å²) in [4.78, 5) is 26.1. The van der Waals surface area contributed by atoms with Gasteiger partial charge in [-0.2, -0.15) is 14.4 Å². The minimum absolute atomic E-state index is 0.0280. The molecule has 1 aliphatic heterocycles.